The third-order valence-electron chi connectivity index (χ3n) is 2.93. The molecule has 0 aromatic carbocycles. The first-order valence-corrected chi connectivity index (χ1v) is 6.33. The molecule has 0 amide bonds. The van der Waals surface area contributed by atoms with Crippen LogP contribution < -0.4 is 5.73 Å². The van der Waals surface area contributed by atoms with E-state index in [2.05, 4.69) is 25.9 Å². The Hall–Kier alpha value is -1.36. The molecule has 2 aromatic rings. The van der Waals surface area contributed by atoms with Gasteiger partial charge in [-0.2, -0.15) is 0 Å². The van der Waals surface area contributed by atoms with Crippen molar-refractivity contribution in [3.05, 3.63) is 28.1 Å². The molecular weight excluding hydrogens is 282 g/mol. The van der Waals surface area contributed by atoms with E-state index in [4.69, 9.17) is 10.2 Å². The van der Waals surface area contributed by atoms with Crippen LogP contribution in [0, 0.1) is 6.92 Å². The highest BCUT2D eigenvalue weighted by Crippen LogP contribution is 2.44. The molecule has 1 aliphatic carbocycles. The van der Waals surface area contributed by atoms with Crippen molar-refractivity contribution in [2.75, 3.05) is 5.73 Å². The van der Waals surface area contributed by atoms with Crippen LogP contribution in [0.4, 0.5) is 5.82 Å². The Balaban J connectivity index is 2.15. The summed E-state index contributed by atoms with van der Waals surface area (Å²) in [6.07, 6.45) is 3.99. The summed E-state index contributed by atoms with van der Waals surface area (Å²) in [5.74, 6) is 2.28. The average Bonchev–Trinajstić information content (AvgIpc) is 3.05. The lowest BCUT2D eigenvalue weighted by Crippen LogP contribution is -2.02. The maximum atomic E-state index is 5.90. The molecule has 0 spiro atoms. The van der Waals surface area contributed by atoms with Gasteiger partial charge in [0.05, 0.1) is 16.4 Å². The van der Waals surface area contributed by atoms with Crippen molar-refractivity contribution in [1.82, 2.24) is 9.97 Å². The van der Waals surface area contributed by atoms with Crippen molar-refractivity contribution in [3.63, 3.8) is 0 Å². The maximum Gasteiger partial charge on any atom is 0.198 e. The Kier molecular flexibility index (Phi) is 2.43. The number of furan rings is 1. The van der Waals surface area contributed by atoms with Crippen molar-refractivity contribution in [3.8, 4) is 11.6 Å². The van der Waals surface area contributed by atoms with Gasteiger partial charge in [0.25, 0.3) is 0 Å². The molecule has 17 heavy (non-hydrogen) atoms. The topological polar surface area (TPSA) is 64.9 Å². The number of halogens is 1. The zero-order chi connectivity index (χ0) is 12.0. The van der Waals surface area contributed by atoms with E-state index >= 15 is 0 Å². The number of nitrogens with two attached hydrogens (primary N) is 1. The standard InChI is InChI=1S/C12H12BrN3O/c1-6-4-5-17-10(6)12-15-9(7-2-3-7)8(13)11(14)16-12/h4-5,7H,2-3H2,1H3,(H2,14,15,16). The number of rotatable bonds is 2. The van der Waals surface area contributed by atoms with Crippen LogP contribution in [-0.4, -0.2) is 9.97 Å². The lowest BCUT2D eigenvalue weighted by Gasteiger charge is -2.07. The molecule has 2 N–H and O–H groups in total. The van der Waals surface area contributed by atoms with Gasteiger partial charge in [0, 0.05) is 5.92 Å². The summed E-state index contributed by atoms with van der Waals surface area (Å²) in [7, 11) is 0. The van der Waals surface area contributed by atoms with Gasteiger partial charge in [0.1, 0.15) is 5.82 Å². The Morgan fingerprint density at radius 2 is 2.18 bits per heavy atom. The highest BCUT2D eigenvalue weighted by Gasteiger charge is 2.29. The molecule has 0 unspecified atom stereocenters. The molecule has 0 saturated heterocycles. The summed E-state index contributed by atoms with van der Waals surface area (Å²) in [4.78, 5) is 8.84. The monoisotopic (exact) mass is 293 g/mol. The van der Waals surface area contributed by atoms with Gasteiger partial charge in [0.2, 0.25) is 0 Å². The number of anilines is 1. The van der Waals surface area contributed by atoms with E-state index < -0.39 is 0 Å². The summed E-state index contributed by atoms with van der Waals surface area (Å²) >= 11 is 3.46. The van der Waals surface area contributed by atoms with Gasteiger partial charge in [-0.25, -0.2) is 9.97 Å². The third kappa shape index (κ3) is 1.84. The average molecular weight is 294 g/mol. The van der Waals surface area contributed by atoms with Crippen LogP contribution in [-0.2, 0) is 0 Å². The normalized spacial score (nSPS) is 15.2. The summed E-state index contributed by atoms with van der Waals surface area (Å²) in [6, 6.07) is 1.90. The van der Waals surface area contributed by atoms with Crippen LogP contribution in [0.25, 0.3) is 11.6 Å². The largest absolute Gasteiger partial charge is 0.461 e. The van der Waals surface area contributed by atoms with Crippen molar-refractivity contribution in [2.24, 2.45) is 0 Å². The minimum Gasteiger partial charge on any atom is -0.461 e. The van der Waals surface area contributed by atoms with Gasteiger partial charge in [0.15, 0.2) is 11.6 Å². The summed E-state index contributed by atoms with van der Waals surface area (Å²) < 4.78 is 6.23. The molecule has 0 radical (unpaired) electrons. The molecule has 2 aromatic heterocycles. The number of hydrogen-bond acceptors (Lipinski definition) is 4. The highest BCUT2D eigenvalue weighted by atomic mass is 79.9. The Labute approximate surface area is 107 Å². The van der Waals surface area contributed by atoms with Gasteiger partial charge in [-0.1, -0.05) is 0 Å². The minimum absolute atomic E-state index is 0.479. The van der Waals surface area contributed by atoms with Crippen LogP contribution in [0.15, 0.2) is 21.2 Å². The van der Waals surface area contributed by atoms with E-state index in [1.165, 1.54) is 12.8 Å². The molecule has 3 rings (SSSR count). The number of aryl methyl sites for hydroxylation is 1. The predicted octanol–water partition coefficient (Wildman–Crippen LogP) is 3.27. The SMILES string of the molecule is Cc1ccoc1-c1nc(N)c(Br)c(C2CC2)n1. The Morgan fingerprint density at radius 3 is 2.76 bits per heavy atom. The smallest absolute Gasteiger partial charge is 0.198 e. The first-order chi connectivity index (χ1) is 8.16. The lowest BCUT2D eigenvalue weighted by molar-refractivity contribution is 0.575. The van der Waals surface area contributed by atoms with Gasteiger partial charge in [-0.15, -0.1) is 0 Å². The van der Waals surface area contributed by atoms with Crippen LogP contribution in [0.3, 0.4) is 0 Å². The van der Waals surface area contributed by atoms with Gasteiger partial charge < -0.3 is 10.2 Å². The zero-order valence-electron chi connectivity index (χ0n) is 9.40. The van der Waals surface area contributed by atoms with E-state index in [1.54, 1.807) is 6.26 Å². The van der Waals surface area contributed by atoms with Crippen molar-refractivity contribution in [1.29, 1.82) is 0 Å². The number of nitrogens with zero attached hydrogens (tertiary/aromatic N) is 2. The second kappa shape index (κ2) is 3.84. The van der Waals surface area contributed by atoms with E-state index in [-0.39, 0.29) is 0 Å². The van der Waals surface area contributed by atoms with Gasteiger partial charge in [-0.05, 0) is 47.3 Å². The molecule has 0 atom stereocenters. The molecule has 1 fully saturated rings. The number of nitrogen functional groups attached to an aromatic ring is 1. The maximum absolute atomic E-state index is 5.90. The second-order valence-electron chi connectivity index (χ2n) is 4.34. The van der Waals surface area contributed by atoms with E-state index in [9.17, 15) is 0 Å². The van der Waals surface area contributed by atoms with Gasteiger partial charge in [-0.3, -0.25) is 0 Å². The highest BCUT2D eigenvalue weighted by molar-refractivity contribution is 9.10. The molecule has 0 bridgehead atoms. The van der Waals surface area contributed by atoms with Crippen LogP contribution in [0.2, 0.25) is 0 Å². The predicted molar refractivity (Wildman–Crippen MR) is 68.6 cm³/mol. The van der Waals surface area contributed by atoms with Crippen LogP contribution >= 0.6 is 15.9 Å². The lowest BCUT2D eigenvalue weighted by atomic mass is 10.2. The Morgan fingerprint density at radius 1 is 1.41 bits per heavy atom. The van der Waals surface area contributed by atoms with Crippen molar-refractivity contribution in [2.45, 2.75) is 25.7 Å². The zero-order valence-corrected chi connectivity index (χ0v) is 11.0. The van der Waals surface area contributed by atoms with Crippen molar-refractivity contribution < 1.29 is 4.42 Å². The van der Waals surface area contributed by atoms with Crippen LogP contribution in [0.5, 0.6) is 0 Å². The van der Waals surface area contributed by atoms with Crippen LogP contribution in [0.1, 0.15) is 30.0 Å². The molecule has 4 nitrogen and oxygen atoms in total. The summed E-state index contributed by atoms with van der Waals surface area (Å²) in [6.45, 7) is 1.97. The summed E-state index contributed by atoms with van der Waals surface area (Å²) in [5, 5.41) is 0. The van der Waals surface area contributed by atoms with E-state index in [0.717, 1.165) is 15.7 Å². The minimum atomic E-state index is 0.479. The van der Waals surface area contributed by atoms with Crippen molar-refractivity contribution >= 4 is 21.7 Å². The molecule has 1 saturated carbocycles. The van der Waals surface area contributed by atoms with Gasteiger partial charge >= 0.3 is 0 Å². The van der Waals surface area contributed by atoms with E-state index in [1.807, 2.05) is 13.0 Å². The molecular formula is C12H12BrN3O. The third-order valence-corrected chi connectivity index (χ3v) is 3.74. The number of hydrogen-bond donors (Lipinski definition) is 1. The summed E-state index contributed by atoms with van der Waals surface area (Å²) in [5.41, 5.74) is 7.93. The van der Waals surface area contributed by atoms with E-state index in [0.29, 0.717) is 23.3 Å². The quantitative estimate of drug-likeness (QED) is 0.923. The fourth-order valence-electron chi connectivity index (χ4n) is 1.81. The first-order valence-electron chi connectivity index (χ1n) is 5.54. The second-order valence-corrected chi connectivity index (χ2v) is 5.13. The molecule has 1 aliphatic rings. The molecule has 88 valence electrons. The fraction of sp³-hybridized carbons (Fsp3) is 0.333. The fourth-order valence-corrected chi connectivity index (χ4v) is 2.31. The molecule has 2 heterocycles. The molecule has 0 aliphatic heterocycles. The Bertz CT molecular complexity index is 575. The first kappa shape index (κ1) is 10.8. The molecule has 5 heteroatoms. The number of aromatic nitrogens is 2.